The summed E-state index contributed by atoms with van der Waals surface area (Å²) in [5.74, 6) is -1.29. The molecule has 0 amide bonds. The predicted octanol–water partition coefficient (Wildman–Crippen LogP) is -2.10. The number of hydrogen-bond donors (Lipinski definition) is 0. The van der Waals surface area contributed by atoms with Gasteiger partial charge in [0.25, 0.3) is 0 Å². The first kappa shape index (κ1) is 12.4. The Hall–Kier alpha value is -0.573. The van der Waals surface area contributed by atoms with Gasteiger partial charge < -0.3 is 13.2 Å². The number of pyridine rings is 1. The van der Waals surface area contributed by atoms with Crippen LogP contribution in [-0.4, -0.2) is 12.1 Å². The Balaban J connectivity index is 0.00000144. The number of nitrogens with zero attached hydrogens (tertiary/aromatic N) is 1. The Labute approximate surface area is 88.2 Å². The van der Waals surface area contributed by atoms with Gasteiger partial charge >= 0.3 is 18.9 Å². The molecule has 0 radical (unpaired) electrons. The van der Waals surface area contributed by atoms with Crippen LogP contribution in [0.25, 0.3) is 0 Å². The minimum absolute atomic E-state index is 0. The monoisotopic (exact) mass is 197 g/mol. The molecule has 0 aliphatic heterocycles. The molecule has 4 nitrogen and oxygen atoms in total. The maximum absolute atomic E-state index is 12.9. The van der Waals surface area contributed by atoms with Crippen molar-refractivity contribution in [3.8, 4) is 5.88 Å². The summed E-state index contributed by atoms with van der Waals surface area (Å²) in [7, 11) is -1.39. The fraction of sp³-hybridized carbons (Fsp3) is 0.167. The van der Waals surface area contributed by atoms with E-state index in [-0.39, 0.29) is 24.7 Å². The molecule has 0 bridgehead atoms. The minimum atomic E-state index is -2.60. The predicted molar refractivity (Wildman–Crippen MR) is 37.8 cm³/mol. The quantitative estimate of drug-likeness (QED) is 0.402. The molecule has 1 heterocycles. The molecule has 0 aliphatic carbocycles. The number of rotatable bonds is 2. The molecule has 0 N–H and O–H groups in total. The van der Waals surface area contributed by atoms with Crippen LogP contribution in [0.1, 0.15) is 0 Å². The standard InChI is InChI=1S/C6H5FNO3S.Li/c1-11-6-5(7)4(12(9)10)2-3-8-6;/h2-3H,1H3;/q-1;+1. The van der Waals surface area contributed by atoms with Crippen LogP contribution in [0.4, 0.5) is 4.39 Å². The maximum atomic E-state index is 12.9. The summed E-state index contributed by atoms with van der Waals surface area (Å²) in [5, 5.41) is 0. The molecule has 1 aromatic heterocycles. The van der Waals surface area contributed by atoms with Crippen molar-refractivity contribution in [2.75, 3.05) is 7.11 Å². The Bertz CT molecular complexity index is 361. The van der Waals surface area contributed by atoms with Crippen LogP contribution in [0, 0.1) is 5.82 Å². The van der Waals surface area contributed by atoms with E-state index in [2.05, 4.69) is 9.72 Å². The summed E-state index contributed by atoms with van der Waals surface area (Å²) in [6, 6.07) is 1.06. The molecule has 0 aromatic carbocycles. The molecule has 0 atom stereocenters. The van der Waals surface area contributed by atoms with E-state index < -0.39 is 21.4 Å². The van der Waals surface area contributed by atoms with Crippen molar-refractivity contribution in [1.29, 1.82) is 0 Å². The van der Waals surface area contributed by atoms with Gasteiger partial charge in [-0.2, -0.15) is 0 Å². The van der Waals surface area contributed by atoms with E-state index in [1.165, 1.54) is 7.11 Å². The zero-order valence-corrected chi connectivity index (χ0v) is 7.93. The number of ether oxygens (including phenoxy) is 1. The second-order valence-electron chi connectivity index (χ2n) is 1.87. The molecule has 7 heteroatoms. The summed E-state index contributed by atoms with van der Waals surface area (Å²) in [4.78, 5) is 3.03. The van der Waals surface area contributed by atoms with Gasteiger partial charge in [-0.25, -0.2) is 9.37 Å². The Morgan fingerprint density at radius 1 is 1.54 bits per heavy atom. The number of methoxy groups -OCH3 is 1. The van der Waals surface area contributed by atoms with Gasteiger partial charge in [-0.15, -0.1) is 0 Å². The van der Waals surface area contributed by atoms with Crippen LogP contribution < -0.4 is 23.6 Å². The van der Waals surface area contributed by atoms with Gasteiger partial charge in [-0.05, 0) is 15.6 Å². The van der Waals surface area contributed by atoms with Crippen LogP contribution in [0.2, 0.25) is 0 Å². The molecule has 13 heavy (non-hydrogen) atoms. The molecule has 0 saturated heterocycles. The average molecular weight is 197 g/mol. The van der Waals surface area contributed by atoms with Crippen LogP contribution in [-0.2, 0) is 19.1 Å². The van der Waals surface area contributed by atoms with Crippen molar-refractivity contribution >= 4 is 10.7 Å². The van der Waals surface area contributed by atoms with Gasteiger partial charge in [0.05, 0.1) is 7.11 Å². The topological polar surface area (TPSA) is 56.3 Å². The second-order valence-corrected chi connectivity index (χ2v) is 2.78. The molecular formula is C6H5FLiNO3S. The van der Waals surface area contributed by atoms with E-state index in [0.717, 1.165) is 12.3 Å². The molecule has 0 fully saturated rings. The van der Waals surface area contributed by atoms with Gasteiger partial charge in [0, 0.05) is 6.20 Å². The fourth-order valence-electron chi connectivity index (χ4n) is 0.679. The van der Waals surface area contributed by atoms with Crippen molar-refractivity contribution in [2.24, 2.45) is 0 Å². The third-order valence-electron chi connectivity index (χ3n) is 1.19. The first-order chi connectivity index (χ1) is 5.66. The van der Waals surface area contributed by atoms with Gasteiger partial charge in [-0.3, -0.25) is 0 Å². The van der Waals surface area contributed by atoms with Crippen molar-refractivity contribution in [2.45, 2.75) is 4.90 Å². The van der Waals surface area contributed by atoms with Crippen LogP contribution in [0.15, 0.2) is 17.2 Å². The van der Waals surface area contributed by atoms with Crippen molar-refractivity contribution in [3.63, 3.8) is 0 Å². The van der Waals surface area contributed by atoms with E-state index in [1.807, 2.05) is 0 Å². The fourth-order valence-corrected chi connectivity index (χ4v) is 1.08. The van der Waals surface area contributed by atoms with Gasteiger partial charge in [-0.1, -0.05) is 6.07 Å². The summed E-state index contributed by atoms with van der Waals surface area (Å²) in [6.45, 7) is 0. The molecule has 1 aromatic rings. The molecule has 1 rings (SSSR count). The van der Waals surface area contributed by atoms with Gasteiger partial charge in [0.1, 0.15) is 0 Å². The minimum Gasteiger partial charge on any atom is -0.479 e. The SMILES string of the molecule is COc1nccc([S-](=O)=O)c1F.[Li+]. The smallest absolute Gasteiger partial charge is 0.479 e. The Kier molecular flexibility index (Phi) is 4.99. The van der Waals surface area contributed by atoms with Crippen molar-refractivity contribution < 1.29 is 36.4 Å². The van der Waals surface area contributed by atoms with E-state index >= 15 is 0 Å². The third-order valence-corrected chi connectivity index (χ3v) is 1.87. The van der Waals surface area contributed by atoms with Gasteiger partial charge in [0.15, 0.2) is 5.82 Å². The van der Waals surface area contributed by atoms with E-state index in [0.29, 0.717) is 0 Å². The maximum Gasteiger partial charge on any atom is 1.00 e. The third kappa shape index (κ3) is 2.69. The summed E-state index contributed by atoms with van der Waals surface area (Å²) in [5.41, 5.74) is 0. The van der Waals surface area contributed by atoms with E-state index in [4.69, 9.17) is 0 Å². The molecule has 66 valence electrons. The van der Waals surface area contributed by atoms with Crippen LogP contribution in [0.3, 0.4) is 0 Å². The molecule has 0 aliphatic rings. The molecule has 0 saturated carbocycles. The largest absolute Gasteiger partial charge is 1.00 e. The number of halogens is 1. The average Bonchev–Trinajstić information content (AvgIpc) is 2.04. The Morgan fingerprint density at radius 2 is 2.15 bits per heavy atom. The summed E-state index contributed by atoms with van der Waals surface area (Å²) in [6.07, 6.45) is 1.16. The molecular weight excluding hydrogens is 192 g/mol. The zero-order chi connectivity index (χ0) is 9.14. The molecule has 0 unspecified atom stereocenters. The Morgan fingerprint density at radius 3 is 2.62 bits per heavy atom. The number of aromatic nitrogens is 1. The summed E-state index contributed by atoms with van der Waals surface area (Å²) < 4.78 is 38.2. The van der Waals surface area contributed by atoms with E-state index in [1.54, 1.807) is 0 Å². The second kappa shape index (κ2) is 5.22. The first-order valence-corrected chi connectivity index (χ1v) is 4.02. The van der Waals surface area contributed by atoms with Crippen LogP contribution in [0.5, 0.6) is 5.88 Å². The van der Waals surface area contributed by atoms with E-state index in [9.17, 15) is 12.8 Å². The first-order valence-electron chi connectivity index (χ1n) is 2.94. The van der Waals surface area contributed by atoms with Gasteiger partial charge in [0.2, 0.25) is 5.88 Å². The van der Waals surface area contributed by atoms with Crippen molar-refractivity contribution in [1.82, 2.24) is 4.98 Å². The molecule has 0 spiro atoms. The number of hydrogen-bond acceptors (Lipinski definition) is 5. The zero-order valence-electron chi connectivity index (χ0n) is 7.11. The van der Waals surface area contributed by atoms with Crippen LogP contribution >= 0.6 is 0 Å². The summed E-state index contributed by atoms with van der Waals surface area (Å²) >= 11 is 0. The normalized spacial score (nSPS) is 9.46. The van der Waals surface area contributed by atoms with Crippen molar-refractivity contribution in [3.05, 3.63) is 18.1 Å².